The number of nitrogens with zero attached hydrogens (tertiary/aromatic N) is 1. The lowest BCUT2D eigenvalue weighted by Gasteiger charge is -2.06. The molecule has 0 spiro atoms. The Bertz CT molecular complexity index is 619. The molecule has 4 heteroatoms. The molecule has 0 aliphatic carbocycles. The van der Waals surface area contributed by atoms with Crippen LogP contribution in [0.5, 0.6) is 0 Å². The van der Waals surface area contributed by atoms with Crippen LogP contribution in [-0.2, 0) is 6.42 Å². The summed E-state index contributed by atoms with van der Waals surface area (Å²) in [6.07, 6.45) is 5.96. The van der Waals surface area contributed by atoms with Crippen LogP contribution in [0.4, 0.5) is 0 Å². The van der Waals surface area contributed by atoms with Gasteiger partial charge in [0.2, 0.25) is 0 Å². The summed E-state index contributed by atoms with van der Waals surface area (Å²) in [5, 5.41) is 11.2. The highest BCUT2D eigenvalue weighted by Gasteiger charge is 2.12. The Morgan fingerprint density at radius 2 is 2.10 bits per heavy atom. The number of carboxylic acid groups (broad SMARTS) is 1. The Morgan fingerprint density at radius 3 is 2.81 bits per heavy atom. The Hall–Kier alpha value is -1.68. The second-order valence-corrected chi connectivity index (χ2v) is 6.19. The Morgan fingerprint density at radius 1 is 1.29 bits per heavy atom. The topological polar surface area (TPSA) is 50.2 Å². The molecule has 0 radical (unpaired) electrons. The average molecular weight is 303 g/mol. The van der Waals surface area contributed by atoms with Crippen molar-refractivity contribution in [1.29, 1.82) is 0 Å². The molecule has 0 aliphatic heterocycles. The fourth-order valence-corrected chi connectivity index (χ4v) is 3.32. The number of hydrogen-bond acceptors (Lipinski definition) is 3. The molecule has 1 N–H and O–H groups in total. The van der Waals surface area contributed by atoms with Gasteiger partial charge in [0.05, 0.1) is 16.1 Å². The Labute approximate surface area is 129 Å². The minimum Gasteiger partial charge on any atom is -0.478 e. The summed E-state index contributed by atoms with van der Waals surface area (Å²) in [6, 6.07) is 5.42. The first-order valence-electron chi connectivity index (χ1n) is 7.40. The van der Waals surface area contributed by atoms with Crippen LogP contribution in [0.25, 0.3) is 10.6 Å². The van der Waals surface area contributed by atoms with E-state index in [0.29, 0.717) is 5.56 Å². The molecule has 0 unspecified atom stereocenters. The maximum atomic E-state index is 11.2. The maximum Gasteiger partial charge on any atom is 0.335 e. The van der Waals surface area contributed by atoms with Crippen LogP contribution in [0.2, 0.25) is 0 Å². The van der Waals surface area contributed by atoms with Gasteiger partial charge in [-0.2, -0.15) is 0 Å². The molecule has 2 rings (SSSR count). The molecule has 0 aliphatic rings. The predicted molar refractivity (Wildman–Crippen MR) is 87.1 cm³/mol. The van der Waals surface area contributed by atoms with E-state index in [1.165, 1.54) is 31.2 Å². The third kappa shape index (κ3) is 4.14. The van der Waals surface area contributed by atoms with Crippen LogP contribution >= 0.6 is 11.3 Å². The van der Waals surface area contributed by atoms with Crippen molar-refractivity contribution in [3.8, 4) is 10.6 Å². The first kappa shape index (κ1) is 15.7. The number of carboxylic acids is 1. The van der Waals surface area contributed by atoms with Crippen molar-refractivity contribution in [2.75, 3.05) is 0 Å². The minimum atomic E-state index is -0.900. The Kier molecular flexibility index (Phi) is 5.51. The van der Waals surface area contributed by atoms with Crippen LogP contribution in [0.3, 0.4) is 0 Å². The predicted octanol–water partition coefficient (Wildman–Crippen LogP) is 4.94. The number of aryl methyl sites for hydroxylation is 2. The molecule has 2 aromatic heterocycles. The van der Waals surface area contributed by atoms with E-state index >= 15 is 0 Å². The largest absolute Gasteiger partial charge is 0.478 e. The van der Waals surface area contributed by atoms with Crippen molar-refractivity contribution >= 4 is 17.3 Å². The normalized spacial score (nSPS) is 10.8. The van der Waals surface area contributed by atoms with Gasteiger partial charge in [0, 0.05) is 5.69 Å². The van der Waals surface area contributed by atoms with E-state index in [2.05, 4.69) is 23.4 Å². The molecule has 0 aromatic carbocycles. The van der Waals surface area contributed by atoms with E-state index in [1.54, 1.807) is 23.5 Å². The molecular weight excluding hydrogens is 282 g/mol. The molecule has 0 fully saturated rings. The second kappa shape index (κ2) is 7.36. The van der Waals surface area contributed by atoms with Crippen molar-refractivity contribution in [2.24, 2.45) is 0 Å². The van der Waals surface area contributed by atoms with Crippen LogP contribution < -0.4 is 0 Å². The van der Waals surface area contributed by atoms with E-state index in [9.17, 15) is 9.90 Å². The Balaban J connectivity index is 2.22. The monoisotopic (exact) mass is 303 g/mol. The van der Waals surface area contributed by atoms with Gasteiger partial charge in [-0.05, 0) is 48.9 Å². The number of rotatable bonds is 7. The number of aromatic nitrogens is 1. The summed E-state index contributed by atoms with van der Waals surface area (Å²) in [5.74, 6) is -0.900. The van der Waals surface area contributed by atoms with Gasteiger partial charge in [-0.25, -0.2) is 4.79 Å². The van der Waals surface area contributed by atoms with Gasteiger partial charge in [0.15, 0.2) is 0 Å². The van der Waals surface area contributed by atoms with Crippen molar-refractivity contribution < 1.29 is 9.90 Å². The molecule has 112 valence electrons. The quantitative estimate of drug-likeness (QED) is 0.737. The van der Waals surface area contributed by atoms with Crippen LogP contribution in [0, 0.1) is 6.92 Å². The summed E-state index contributed by atoms with van der Waals surface area (Å²) in [4.78, 5) is 16.8. The van der Waals surface area contributed by atoms with E-state index in [1.807, 2.05) is 6.92 Å². The summed E-state index contributed by atoms with van der Waals surface area (Å²) >= 11 is 1.64. The van der Waals surface area contributed by atoms with E-state index < -0.39 is 5.97 Å². The van der Waals surface area contributed by atoms with Crippen molar-refractivity contribution in [1.82, 2.24) is 4.98 Å². The zero-order valence-electron chi connectivity index (χ0n) is 12.6. The standard InChI is InChI=1S/C17H21NO2S/c1-3-4-5-6-7-13-8-9-21-16(13)15-11-14(17(19)20)10-12(2)18-15/h8-11H,3-7H2,1-2H3,(H,19,20). The third-order valence-electron chi connectivity index (χ3n) is 3.48. The van der Waals surface area contributed by atoms with Gasteiger partial charge in [-0.15, -0.1) is 11.3 Å². The molecule has 2 aromatic rings. The lowest BCUT2D eigenvalue weighted by atomic mass is 10.0. The number of hydrogen-bond donors (Lipinski definition) is 1. The fraction of sp³-hybridized carbons (Fsp3) is 0.412. The SMILES string of the molecule is CCCCCCc1ccsc1-c1cc(C(=O)O)cc(C)n1. The van der Waals surface area contributed by atoms with Gasteiger partial charge in [0.1, 0.15) is 0 Å². The second-order valence-electron chi connectivity index (χ2n) is 5.27. The van der Waals surface area contributed by atoms with Gasteiger partial charge in [0.25, 0.3) is 0 Å². The number of pyridine rings is 1. The molecule has 2 heterocycles. The number of unbranched alkanes of at least 4 members (excludes halogenated alkanes) is 3. The van der Waals surface area contributed by atoms with Gasteiger partial charge < -0.3 is 5.11 Å². The number of carbonyl (C=O) groups is 1. The molecule has 0 saturated carbocycles. The van der Waals surface area contributed by atoms with E-state index in [4.69, 9.17) is 0 Å². The summed E-state index contributed by atoms with van der Waals surface area (Å²) in [5.41, 5.74) is 3.12. The molecule has 0 atom stereocenters. The highest BCUT2D eigenvalue weighted by atomic mass is 32.1. The highest BCUT2D eigenvalue weighted by molar-refractivity contribution is 7.13. The van der Waals surface area contributed by atoms with Crippen LogP contribution in [-0.4, -0.2) is 16.1 Å². The molecule has 3 nitrogen and oxygen atoms in total. The first-order chi connectivity index (χ1) is 10.1. The van der Waals surface area contributed by atoms with Gasteiger partial charge >= 0.3 is 5.97 Å². The van der Waals surface area contributed by atoms with Crippen LogP contribution in [0.15, 0.2) is 23.6 Å². The van der Waals surface area contributed by atoms with Crippen molar-refractivity contribution in [3.63, 3.8) is 0 Å². The van der Waals surface area contributed by atoms with E-state index in [-0.39, 0.29) is 0 Å². The molecular formula is C17H21NO2S. The summed E-state index contributed by atoms with van der Waals surface area (Å²) < 4.78 is 0. The van der Waals surface area contributed by atoms with E-state index in [0.717, 1.165) is 22.7 Å². The fourth-order valence-electron chi connectivity index (χ4n) is 2.41. The van der Waals surface area contributed by atoms with Crippen molar-refractivity contribution in [3.05, 3.63) is 40.4 Å². The summed E-state index contributed by atoms with van der Waals surface area (Å²) in [6.45, 7) is 4.05. The zero-order chi connectivity index (χ0) is 15.2. The molecule has 0 saturated heterocycles. The average Bonchev–Trinajstić information content (AvgIpc) is 2.91. The smallest absolute Gasteiger partial charge is 0.335 e. The van der Waals surface area contributed by atoms with Gasteiger partial charge in [-0.1, -0.05) is 26.2 Å². The molecule has 21 heavy (non-hydrogen) atoms. The summed E-state index contributed by atoms with van der Waals surface area (Å²) in [7, 11) is 0. The van der Waals surface area contributed by atoms with Gasteiger partial charge in [-0.3, -0.25) is 4.98 Å². The first-order valence-corrected chi connectivity index (χ1v) is 8.28. The minimum absolute atomic E-state index is 0.308. The zero-order valence-corrected chi connectivity index (χ0v) is 13.4. The van der Waals surface area contributed by atoms with Crippen molar-refractivity contribution in [2.45, 2.75) is 46.0 Å². The lowest BCUT2D eigenvalue weighted by Crippen LogP contribution is -1.99. The van der Waals surface area contributed by atoms with Crippen LogP contribution in [0.1, 0.15) is 54.2 Å². The number of aromatic carboxylic acids is 1. The third-order valence-corrected chi connectivity index (χ3v) is 4.46. The highest BCUT2D eigenvalue weighted by Crippen LogP contribution is 2.30. The maximum absolute atomic E-state index is 11.2. The molecule has 0 bridgehead atoms. The number of thiophene rings is 1. The lowest BCUT2D eigenvalue weighted by molar-refractivity contribution is 0.0696. The molecule has 0 amide bonds.